The highest BCUT2D eigenvalue weighted by atomic mass is 32.1. The summed E-state index contributed by atoms with van der Waals surface area (Å²) in [6.45, 7) is 1.95. The van der Waals surface area contributed by atoms with Crippen LogP contribution >= 0.6 is 11.3 Å². The second-order valence-electron chi connectivity index (χ2n) is 7.19. The minimum Gasteiger partial charge on any atom is -0.497 e. The molecular weight excluding hydrogens is 470 g/mol. The number of carbonyl (C=O) groups is 1. The van der Waals surface area contributed by atoms with Gasteiger partial charge in [-0.3, -0.25) is 20.2 Å². The van der Waals surface area contributed by atoms with E-state index in [1.807, 2.05) is 37.3 Å². The molecule has 2 aromatic carbocycles. The van der Waals surface area contributed by atoms with E-state index in [2.05, 4.69) is 15.5 Å². The summed E-state index contributed by atoms with van der Waals surface area (Å²) in [4.78, 5) is 23.6. The highest BCUT2D eigenvalue weighted by Gasteiger charge is 2.20. The number of aromatic nitrogens is 2. The molecule has 0 fully saturated rings. The number of benzene rings is 2. The molecule has 0 spiro atoms. The van der Waals surface area contributed by atoms with Gasteiger partial charge in [0.2, 0.25) is 5.13 Å². The third-order valence-corrected chi connectivity index (χ3v) is 5.84. The Balaban J connectivity index is 1.55. The molecule has 0 atom stereocenters. The Kier molecular flexibility index (Phi) is 6.66. The SMILES string of the molecule is COc1ccc(-c2ccc(/C=C(/C#N)C(=O)Nc3nnc(-c4ccccc4C)s3)o2)c([N+](=O)[O-])c1. The van der Waals surface area contributed by atoms with E-state index in [0.29, 0.717) is 10.8 Å². The third-order valence-electron chi connectivity index (χ3n) is 4.97. The summed E-state index contributed by atoms with van der Waals surface area (Å²) < 4.78 is 10.7. The van der Waals surface area contributed by atoms with Crippen LogP contribution in [0.3, 0.4) is 0 Å². The Bertz CT molecular complexity index is 1500. The molecule has 174 valence electrons. The summed E-state index contributed by atoms with van der Waals surface area (Å²) in [6, 6.07) is 16.9. The average molecular weight is 487 g/mol. The molecule has 1 N–H and O–H groups in total. The Morgan fingerprint density at radius 3 is 2.71 bits per heavy atom. The standard InChI is InChI=1S/C24H17N5O5S/c1-14-5-3-4-6-18(14)23-27-28-24(35-23)26-22(30)15(13-25)11-17-8-10-21(34-17)19-9-7-16(33-2)12-20(19)29(31)32/h3-12H,1-2H3,(H,26,28,30)/b15-11-. The van der Waals surface area contributed by atoms with Crippen molar-refractivity contribution in [2.45, 2.75) is 6.92 Å². The van der Waals surface area contributed by atoms with E-state index < -0.39 is 10.8 Å². The molecule has 0 aliphatic heterocycles. The van der Waals surface area contributed by atoms with Crippen LogP contribution in [-0.4, -0.2) is 28.1 Å². The van der Waals surface area contributed by atoms with Gasteiger partial charge < -0.3 is 9.15 Å². The molecule has 4 aromatic rings. The van der Waals surface area contributed by atoms with Gasteiger partial charge in [0.05, 0.1) is 23.7 Å². The number of ether oxygens (including phenoxy) is 1. The number of furan rings is 1. The number of nitrogens with one attached hydrogen (secondary N) is 1. The smallest absolute Gasteiger partial charge is 0.284 e. The number of nitrogens with zero attached hydrogens (tertiary/aromatic N) is 4. The van der Waals surface area contributed by atoms with Crippen molar-refractivity contribution in [3.63, 3.8) is 0 Å². The zero-order chi connectivity index (χ0) is 24.9. The highest BCUT2D eigenvalue weighted by Crippen LogP contribution is 2.34. The summed E-state index contributed by atoms with van der Waals surface area (Å²) in [5.74, 6) is 0.0242. The van der Waals surface area contributed by atoms with Crippen LogP contribution in [0.4, 0.5) is 10.8 Å². The van der Waals surface area contributed by atoms with Crippen LogP contribution in [0.5, 0.6) is 5.75 Å². The van der Waals surface area contributed by atoms with Crippen molar-refractivity contribution in [3.05, 3.63) is 81.6 Å². The van der Waals surface area contributed by atoms with Crippen molar-refractivity contribution >= 4 is 34.1 Å². The number of nitriles is 1. The summed E-state index contributed by atoms with van der Waals surface area (Å²) >= 11 is 1.18. The van der Waals surface area contributed by atoms with Crippen molar-refractivity contribution in [1.29, 1.82) is 5.26 Å². The fourth-order valence-corrected chi connectivity index (χ4v) is 4.05. The Labute approximate surface area is 203 Å². The first kappa shape index (κ1) is 23.3. The summed E-state index contributed by atoms with van der Waals surface area (Å²) in [7, 11) is 1.41. The number of aryl methyl sites for hydroxylation is 1. The molecular formula is C24H17N5O5S. The first-order valence-electron chi connectivity index (χ1n) is 10.1. The maximum Gasteiger partial charge on any atom is 0.284 e. The van der Waals surface area contributed by atoms with Crippen LogP contribution in [0.2, 0.25) is 0 Å². The van der Waals surface area contributed by atoms with E-state index in [4.69, 9.17) is 9.15 Å². The Morgan fingerprint density at radius 1 is 1.20 bits per heavy atom. The second-order valence-corrected chi connectivity index (χ2v) is 8.17. The fraction of sp³-hybridized carbons (Fsp3) is 0.0833. The minimum absolute atomic E-state index is 0.176. The molecule has 4 rings (SSSR count). The van der Waals surface area contributed by atoms with Crippen molar-refractivity contribution in [2.75, 3.05) is 12.4 Å². The maximum atomic E-state index is 12.6. The topological polar surface area (TPSA) is 144 Å². The van der Waals surface area contributed by atoms with Gasteiger partial charge in [0, 0.05) is 11.6 Å². The largest absolute Gasteiger partial charge is 0.497 e. The van der Waals surface area contributed by atoms with Gasteiger partial charge in [0.15, 0.2) is 0 Å². The minimum atomic E-state index is -0.687. The van der Waals surface area contributed by atoms with Crippen molar-refractivity contribution < 1.29 is 18.9 Å². The number of nitro groups is 1. The van der Waals surface area contributed by atoms with Crippen LogP contribution < -0.4 is 10.1 Å². The molecule has 10 nitrogen and oxygen atoms in total. The Hall–Kier alpha value is -4.82. The summed E-state index contributed by atoms with van der Waals surface area (Å²) in [5, 5.41) is 32.5. The van der Waals surface area contributed by atoms with Crippen LogP contribution in [0.25, 0.3) is 28.0 Å². The van der Waals surface area contributed by atoms with Gasteiger partial charge in [-0.05, 0) is 36.8 Å². The molecule has 0 unspecified atom stereocenters. The molecule has 0 aliphatic carbocycles. The predicted molar refractivity (Wildman–Crippen MR) is 130 cm³/mol. The Morgan fingerprint density at radius 2 is 2.00 bits per heavy atom. The van der Waals surface area contributed by atoms with Gasteiger partial charge in [-0.25, -0.2) is 0 Å². The average Bonchev–Trinajstić information content (AvgIpc) is 3.52. The predicted octanol–water partition coefficient (Wildman–Crippen LogP) is 5.24. The lowest BCUT2D eigenvalue weighted by Crippen LogP contribution is -2.13. The van der Waals surface area contributed by atoms with Gasteiger partial charge >= 0.3 is 0 Å². The lowest BCUT2D eigenvalue weighted by atomic mass is 10.1. The quantitative estimate of drug-likeness (QED) is 0.161. The third kappa shape index (κ3) is 5.07. The van der Waals surface area contributed by atoms with E-state index >= 15 is 0 Å². The summed E-state index contributed by atoms with van der Waals surface area (Å²) in [5.41, 5.74) is 1.72. The van der Waals surface area contributed by atoms with Crippen LogP contribution in [0.1, 0.15) is 11.3 Å². The number of hydrogen-bond acceptors (Lipinski definition) is 9. The molecule has 35 heavy (non-hydrogen) atoms. The van der Waals surface area contributed by atoms with E-state index in [0.717, 1.165) is 11.1 Å². The lowest BCUT2D eigenvalue weighted by molar-refractivity contribution is -0.384. The normalized spacial score (nSPS) is 11.1. The number of rotatable bonds is 7. The van der Waals surface area contributed by atoms with E-state index in [-0.39, 0.29) is 33.5 Å². The lowest BCUT2D eigenvalue weighted by Gasteiger charge is -2.03. The molecule has 2 heterocycles. The first-order chi connectivity index (χ1) is 16.9. The van der Waals surface area contributed by atoms with Crippen LogP contribution in [0.15, 0.2) is 64.6 Å². The van der Waals surface area contributed by atoms with Gasteiger partial charge in [0.1, 0.15) is 33.9 Å². The maximum absolute atomic E-state index is 12.6. The fourth-order valence-electron chi connectivity index (χ4n) is 3.22. The number of methoxy groups -OCH3 is 1. The second kappa shape index (κ2) is 9.98. The van der Waals surface area contributed by atoms with E-state index in [9.17, 15) is 20.2 Å². The molecule has 0 saturated carbocycles. The molecule has 11 heteroatoms. The van der Waals surface area contributed by atoms with Crippen molar-refractivity contribution in [2.24, 2.45) is 0 Å². The molecule has 0 saturated heterocycles. The highest BCUT2D eigenvalue weighted by molar-refractivity contribution is 7.18. The number of nitro benzene ring substituents is 1. The van der Waals surface area contributed by atoms with E-state index in [1.54, 1.807) is 6.07 Å². The monoisotopic (exact) mass is 487 g/mol. The first-order valence-corrected chi connectivity index (χ1v) is 11.0. The molecule has 0 aliphatic rings. The van der Waals surface area contributed by atoms with Crippen molar-refractivity contribution in [1.82, 2.24) is 10.2 Å². The van der Waals surface area contributed by atoms with Gasteiger partial charge in [-0.2, -0.15) is 5.26 Å². The van der Waals surface area contributed by atoms with Crippen LogP contribution in [-0.2, 0) is 4.79 Å². The number of carbonyl (C=O) groups excluding carboxylic acids is 1. The van der Waals surface area contributed by atoms with Gasteiger partial charge in [-0.15, -0.1) is 10.2 Å². The van der Waals surface area contributed by atoms with E-state index in [1.165, 1.54) is 48.8 Å². The van der Waals surface area contributed by atoms with Gasteiger partial charge in [-0.1, -0.05) is 35.6 Å². The summed E-state index contributed by atoms with van der Waals surface area (Å²) in [6.07, 6.45) is 1.25. The molecule has 0 bridgehead atoms. The number of hydrogen-bond donors (Lipinski definition) is 1. The zero-order valence-electron chi connectivity index (χ0n) is 18.5. The molecule has 2 aromatic heterocycles. The zero-order valence-corrected chi connectivity index (χ0v) is 19.3. The van der Waals surface area contributed by atoms with Crippen LogP contribution in [0, 0.1) is 28.4 Å². The van der Waals surface area contributed by atoms with Gasteiger partial charge in [0.25, 0.3) is 11.6 Å². The molecule has 0 radical (unpaired) electrons. The molecule has 1 amide bonds. The number of anilines is 1. The number of amides is 1. The van der Waals surface area contributed by atoms with Crippen molar-refractivity contribution in [3.8, 4) is 33.7 Å².